The van der Waals surface area contributed by atoms with Crippen molar-refractivity contribution in [3.8, 4) is 11.8 Å². The molecule has 0 aromatic carbocycles. The highest BCUT2D eigenvalue weighted by atomic mass is 16.6. The summed E-state index contributed by atoms with van der Waals surface area (Å²) < 4.78 is 9.63. The van der Waals surface area contributed by atoms with Crippen LogP contribution in [0.4, 0.5) is 0 Å². The van der Waals surface area contributed by atoms with E-state index in [1.807, 2.05) is 0 Å². The number of hydrogen-bond acceptors (Lipinski definition) is 4. The molecule has 0 amide bonds. The van der Waals surface area contributed by atoms with Crippen molar-refractivity contribution in [2.24, 2.45) is 0 Å². The summed E-state index contributed by atoms with van der Waals surface area (Å²) in [6, 6.07) is 0. The number of rotatable bonds is 2. The van der Waals surface area contributed by atoms with Gasteiger partial charge >= 0.3 is 5.97 Å². The number of ether oxygens (including phenoxy) is 2. The second kappa shape index (κ2) is 5.74. The van der Waals surface area contributed by atoms with E-state index in [0.29, 0.717) is 25.9 Å². The Hall–Kier alpha value is -1.05. The minimum Gasteiger partial charge on any atom is -0.459 e. The van der Waals surface area contributed by atoms with Crippen LogP contribution in [-0.4, -0.2) is 30.6 Å². The molecule has 1 fully saturated rings. The fourth-order valence-electron chi connectivity index (χ4n) is 1.48. The zero-order valence-electron chi connectivity index (χ0n) is 8.91. The Balaban J connectivity index is 2.28. The third-order valence-corrected chi connectivity index (χ3v) is 2.35. The molecule has 1 aliphatic heterocycles. The Kier molecular flexibility index (Phi) is 4.60. The van der Waals surface area contributed by atoms with Crippen LogP contribution in [0.2, 0.25) is 0 Å². The normalized spacial score (nSPS) is 25.2. The molecular weight excluding hydrogens is 196 g/mol. The van der Waals surface area contributed by atoms with Gasteiger partial charge in [-0.3, -0.25) is 0 Å². The molecule has 0 aromatic heterocycles. The molecular formula is C11H16O4. The summed E-state index contributed by atoms with van der Waals surface area (Å²) in [7, 11) is 1.29. The average Bonchev–Trinajstić information content (AvgIpc) is 2.25. The zero-order chi connectivity index (χ0) is 11.1. The third-order valence-electron chi connectivity index (χ3n) is 2.35. The Morgan fingerprint density at radius 2 is 2.40 bits per heavy atom. The smallest absolute Gasteiger partial charge is 0.384 e. The van der Waals surface area contributed by atoms with Crippen molar-refractivity contribution < 1.29 is 19.4 Å². The Labute approximate surface area is 89.6 Å². The monoisotopic (exact) mass is 212 g/mol. The van der Waals surface area contributed by atoms with E-state index in [-0.39, 0.29) is 0 Å². The quantitative estimate of drug-likeness (QED) is 0.418. The van der Waals surface area contributed by atoms with Gasteiger partial charge in [-0.2, -0.15) is 0 Å². The second-order valence-electron chi connectivity index (χ2n) is 3.55. The number of aliphatic hydroxyl groups is 1. The molecule has 84 valence electrons. The maximum atomic E-state index is 10.7. The number of carbonyl (C=O) groups excluding carboxylic acids is 1. The first-order valence-corrected chi connectivity index (χ1v) is 5.09. The molecule has 1 heterocycles. The molecule has 0 bridgehead atoms. The predicted octanol–water partition coefficient (Wildman–Crippen LogP) is 0.832. The first-order chi connectivity index (χ1) is 7.16. The van der Waals surface area contributed by atoms with Gasteiger partial charge in [0.2, 0.25) is 0 Å². The third kappa shape index (κ3) is 4.32. The standard InChI is InChI=1S/C11H16O4/c1-14-10(12)6-2-3-7-11(13)8-4-5-9-15-11/h13H,3-5,7-9H2,1H3/t11-/m0/s1. The van der Waals surface area contributed by atoms with Gasteiger partial charge in [0.05, 0.1) is 13.7 Å². The minimum atomic E-state index is -1.04. The minimum absolute atomic E-state index is 0.436. The molecule has 0 aliphatic carbocycles. The van der Waals surface area contributed by atoms with E-state index in [1.165, 1.54) is 7.11 Å². The van der Waals surface area contributed by atoms with E-state index in [2.05, 4.69) is 16.6 Å². The van der Waals surface area contributed by atoms with Gasteiger partial charge in [-0.15, -0.1) is 0 Å². The first-order valence-electron chi connectivity index (χ1n) is 5.09. The Bertz CT molecular complexity index is 268. The fraction of sp³-hybridized carbons (Fsp3) is 0.727. The Morgan fingerprint density at radius 3 is 3.00 bits per heavy atom. The van der Waals surface area contributed by atoms with E-state index >= 15 is 0 Å². The van der Waals surface area contributed by atoms with Gasteiger partial charge in [0.15, 0.2) is 5.79 Å². The van der Waals surface area contributed by atoms with Crippen LogP contribution in [0.1, 0.15) is 32.1 Å². The maximum Gasteiger partial charge on any atom is 0.384 e. The van der Waals surface area contributed by atoms with Gasteiger partial charge in [-0.05, 0) is 12.8 Å². The van der Waals surface area contributed by atoms with Gasteiger partial charge in [0.1, 0.15) is 0 Å². The summed E-state index contributed by atoms with van der Waals surface area (Å²) in [5.74, 6) is 3.37. The van der Waals surface area contributed by atoms with Crippen molar-refractivity contribution in [1.29, 1.82) is 0 Å². The number of esters is 1. The van der Waals surface area contributed by atoms with Gasteiger partial charge in [0, 0.05) is 25.2 Å². The van der Waals surface area contributed by atoms with Gasteiger partial charge in [-0.25, -0.2) is 4.79 Å². The highest BCUT2D eigenvalue weighted by Gasteiger charge is 2.29. The molecule has 0 aromatic rings. The molecule has 1 N–H and O–H groups in total. The van der Waals surface area contributed by atoms with E-state index in [0.717, 1.165) is 12.8 Å². The zero-order valence-corrected chi connectivity index (χ0v) is 8.91. The summed E-state index contributed by atoms with van der Waals surface area (Å²) in [6.45, 7) is 0.598. The van der Waals surface area contributed by atoms with Crippen molar-refractivity contribution in [1.82, 2.24) is 0 Å². The molecule has 1 rings (SSSR count). The van der Waals surface area contributed by atoms with Crippen molar-refractivity contribution in [3.05, 3.63) is 0 Å². The average molecular weight is 212 g/mol. The van der Waals surface area contributed by atoms with Crippen LogP contribution in [0.3, 0.4) is 0 Å². The lowest BCUT2D eigenvalue weighted by Crippen LogP contribution is -2.35. The molecule has 1 atom stereocenters. The SMILES string of the molecule is COC(=O)C#CCC[C@@]1(O)CCCCO1. The van der Waals surface area contributed by atoms with Crippen molar-refractivity contribution >= 4 is 5.97 Å². The number of hydrogen-bond donors (Lipinski definition) is 1. The van der Waals surface area contributed by atoms with E-state index in [1.54, 1.807) is 0 Å². The predicted molar refractivity (Wildman–Crippen MR) is 53.8 cm³/mol. The van der Waals surface area contributed by atoms with Gasteiger partial charge < -0.3 is 14.6 Å². The van der Waals surface area contributed by atoms with Crippen molar-refractivity contribution in [2.75, 3.05) is 13.7 Å². The molecule has 0 saturated carbocycles. The molecule has 4 heteroatoms. The van der Waals surface area contributed by atoms with Crippen LogP contribution >= 0.6 is 0 Å². The summed E-state index contributed by atoms with van der Waals surface area (Å²) in [4.78, 5) is 10.7. The summed E-state index contributed by atoms with van der Waals surface area (Å²) in [6.07, 6.45) is 3.49. The van der Waals surface area contributed by atoms with Gasteiger partial charge in [0.25, 0.3) is 0 Å². The van der Waals surface area contributed by atoms with Crippen molar-refractivity contribution in [3.63, 3.8) is 0 Å². The van der Waals surface area contributed by atoms with Crippen LogP contribution in [-0.2, 0) is 14.3 Å². The van der Waals surface area contributed by atoms with Crippen molar-refractivity contribution in [2.45, 2.75) is 37.9 Å². The lowest BCUT2D eigenvalue weighted by atomic mass is 10.0. The topological polar surface area (TPSA) is 55.8 Å². The number of carbonyl (C=O) groups is 1. The lowest BCUT2D eigenvalue weighted by Gasteiger charge is -2.31. The maximum absolute atomic E-state index is 10.7. The summed E-state index contributed by atoms with van der Waals surface area (Å²) in [5, 5.41) is 9.89. The Morgan fingerprint density at radius 1 is 1.60 bits per heavy atom. The second-order valence-corrected chi connectivity index (χ2v) is 3.55. The largest absolute Gasteiger partial charge is 0.459 e. The summed E-state index contributed by atoms with van der Waals surface area (Å²) >= 11 is 0. The highest BCUT2D eigenvalue weighted by Crippen LogP contribution is 2.26. The van der Waals surface area contributed by atoms with E-state index in [4.69, 9.17) is 4.74 Å². The molecule has 15 heavy (non-hydrogen) atoms. The van der Waals surface area contributed by atoms with Gasteiger partial charge in [-0.1, -0.05) is 5.92 Å². The molecule has 1 saturated heterocycles. The molecule has 0 spiro atoms. The molecule has 4 nitrogen and oxygen atoms in total. The molecule has 1 aliphatic rings. The van der Waals surface area contributed by atoms with Crippen LogP contribution in [0, 0.1) is 11.8 Å². The van der Waals surface area contributed by atoms with E-state index < -0.39 is 11.8 Å². The van der Waals surface area contributed by atoms with Crippen LogP contribution in [0.5, 0.6) is 0 Å². The van der Waals surface area contributed by atoms with Crippen LogP contribution in [0.25, 0.3) is 0 Å². The molecule has 0 unspecified atom stereocenters. The number of methoxy groups -OCH3 is 1. The highest BCUT2D eigenvalue weighted by molar-refractivity contribution is 5.88. The fourth-order valence-corrected chi connectivity index (χ4v) is 1.48. The summed E-state index contributed by atoms with van der Waals surface area (Å²) in [5.41, 5.74) is 0. The van der Waals surface area contributed by atoms with E-state index in [9.17, 15) is 9.90 Å². The molecule has 0 radical (unpaired) electrons. The van der Waals surface area contributed by atoms with Crippen LogP contribution in [0.15, 0.2) is 0 Å². The lowest BCUT2D eigenvalue weighted by molar-refractivity contribution is -0.227. The van der Waals surface area contributed by atoms with Crippen LogP contribution < -0.4 is 0 Å². The first kappa shape index (κ1) is 12.0.